The molecule has 0 bridgehead atoms. The molecule has 0 unspecified atom stereocenters. The normalized spacial score (nSPS) is 11.2. The molecule has 1 amide bonds. The zero-order valence-corrected chi connectivity index (χ0v) is 11.3. The third-order valence-corrected chi connectivity index (χ3v) is 2.85. The molecule has 2 aromatic rings. The summed E-state index contributed by atoms with van der Waals surface area (Å²) in [5.41, 5.74) is 5.78. The van der Waals surface area contributed by atoms with Crippen LogP contribution in [0.1, 0.15) is 16.1 Å². The fourth-order valence-electron chi connectivity index (χ4n) is 1.49. The van der Waals surface area contributed by atoms with Crippen LogP contribution in [0.4, 0.5) is 5.69 Å². The summed E-state index contributed by atoms with van der Waals surface area (Å²) in [6.07, 6.45) is 0. The van der Waals surface area contributed by atoms with Crippen molar-refractivity contribution in [2.45, 2.75) is 0 Å². The summed E-state index contributed by atoms with van der Waals surface area (Å²) in [6.45, 7) is 0. The Morgan fingerprint density at radius 3 is 2.71 bits per heavy atom. The van der Waals surface area contributed by atoms with E-state index in [1.165, 1.54) is 30.3 Å². The average Bonchev–Trinajstić information content (AvgIpc) is 2.49. The standard InChI is InChI=1S/C12H10ClN5O3/c13-7-5-6(11(14)18-21)1-2-8(7)15-12(20)9-3-4-10(19)17-16-9/h1-5,21H,(H2,14,18)(H,15,20)(H,17,19). The van der Waals surface area contributed by atoms with E-state index in [1.54, 1.807) is 0 Å². The fourth-order valence-corrected chi connectivity index (χ4v) is 1.72. The number of amidine groups is 1. The molecule has 21 heavy (non-hydrogen) atoms. The maximum absolute atomic E-state index is 11.9. The monoisotopic (exact) mass is 307 g/mol. The number of nitrogens with one attached hydrogen (secondary N) is 2. The van der Waals surface area contributed by atoms with Crippen molar-refractivity contribution < 1.29 is 10.0 Å². The number of aromatic amines is 1. The Hall–Kier alpha value is -2.87. The first-order chi connectivity index (χ1) is 10.0. The number of aromatic nitrogens is 2. The Bertz CT molecular complexity index is 751. The molecule has 0 atom stereocenters. The highest BCUT2D eigenvalue weighted by atomic mass is 35.5. The van der Waals surface area contributed by atoms with Gasteiger partial charge in [0.2, 0.25) is 0 Å². The van der Waals surface area contributed by atoms with Gasteiger partial charge >= 0.3 is 0 Å². The zero-order chi connectivity index (χ0) is 15.4. The second-order valence-corrected chi connectivity index (χ2v) is 4.35. The second-order valence-electron chi connectivity index (χ2n) is 3.94. The molecule has 8 nitrogen and oxygen atoms in total. The van der Waals surface area contributed by atoms with E-state index in [4.69, 9.17) is 22.5 Å². The van der Waals surface area contributed by atoms with Crippen LogP contribution in [0.5, 0.6) is 0 Å². The molecule has 1 heterocycles. The minimum atomic E-state index is -0.537. The Morgan fingerprint density at radius 2 is 2.14 bits per heavy atom. The number of nitrogens with two attached hydrogens (primary N) is 1. The van der Waals surface area contributed by atoms with Gasteiger partial charge in [-0.15, -0.1) is 0 Å². The van der Waals surface area contributed by atoms with Crippen LogP contribution in [-0.2, 0) is 0 Å². The van der Waals surface area contributed by atoms with Crippen molar-refractivity contribution in [3.63, 3.8) is 0 Å². The van der Waals surface area contributed by atoms with E-state index < -0.39 is 11.5 Å². The van der Waals surface area contributed by atoms with Gasteiger partial charge in [0, 0.05) is 11.6 Å². The van der Waals surface area contributed by atoms with E-state index in [0.29, 0.717) is 11.3 Å². The summed E-state index contributed by atoms with van der Waals surface area (Å²) in [7, 11) is 0. The summed E-state index contributed by atoms with van der Waals surface area (Å²) < 4.78 is 0. The van der Waals surface area contributed by atoms with Crippen LogP contribution >= 0.6 is 11.6 Å². The SMILES string of the molecule is N/C(=N/O)c1ccc(NC(=O)c2ccc(=O)[nH]n2)c(Cl)c1. The first-order valence-electron chi connectivity index (χ1n) is 5.66. The molecule has 0 saturated carbocycles. The molecular weight excluding hydrogens is 298 g/mol. The largest absolute Gasteiger partial charge is 0.409 e. The Kier molecular flexibility index (Phi) is 4.19. The lowest BCUT2D eigenvalue weighted by molar-refractivity contribution is 0.102. The number of carbonyl (C=O) groups excluding carboxylic acids is 1. The lowest BCUT2D eigenvalue weighted by atomic mass is 10.2. The minimum Gasteiger partial charge on any atom is -0.409 e. The number of anilines is 1. The molecule has 108 valence electrons. The van der Waals surface area contributed by atoms with Gasteiger partial charge in [0.25, 0.3) is 11.5 Å². The molecule has 0 aliphatic heterocycles. The van der Waals surface area contributed by atoms with Crippen LogP contribution in [0.15, 0.2) is 40.3 Å². The summed E-state index contributed by atoms with van der Waals surface area (Å²) in [5.74, 6) is -0.637. The highest BCUT2D eigenvalue weighted by molar-refractivity contribution is 6.34. The molecule has 5 N–H and O–H groups in total. The van der Waals surface area contributed by atoms with Crippen molar-refractivity contribution in [1.82, 2.24) is 10.2 Å². The Balaban J connectivity index is 2.22. The van der Waals surface area contributed by atoms with Gasteiger partial charge < -0.3 is 16.3 Å². The molecule has 0 aliphatic carbocycles. The second kappa shape index (κ2) is 6.06. The van der Waals surface area contributed by atoms with Crippen LogP contribution in [0.3, 0.4) is 0 Å². The van der Waals surface area contributed by atoms with Gasteiger partial charge in [0.1, 0.15) is 5.69 Å². The van der Waals surface area contributed by atoms with Crippen LogP contribution in [0.25, 0.3) is 0 Å². The van der Waals surface area contributed by atoms with E-state index >= 15 is 0 Å². The maximum Gasteiger partial charge on any atom is 0.276 e. The molecule has 0 spiro atoms. The molecular formula is C12H10ClN5O3. The number of H-pyrrole nitrogens is 1. The number of hydrogen-bond donors (Lipinski definition) is 4. The van der Waals surface area contributed by atoms with E-state index in [9.17, 15) is 9.59 Å². The van der Waals surface area contributed by atoms with Crippen LogP contribution in [0, 0.1) is 0 Å². The number of nitrogens with zero attached hydrogens (tertiary/aromatic N) is 2. The van der Waals surface area contributed by atoms with Crippen LogP contribution in [0.2, 0.25) is 5.02 Å². The van der Waals surface area contributed by atoms with E-state index in [-0.39, 0.29) is 16.6 Å². The summed E-state index contributed by atoms with van der Waals surface area (Å²) in [4.78, 5) is 22.8. The molecule has 0 saturated heterocycles. The summed E-state index contributed by atoms with van der Waals surface area (Å²) in [6, 6.07) is 6.93. The Labute approximate surface area is 123 Å². The number of oxime groups is 1. The van der Waals surface area contributed by atoms with Gasteiger partial charge in [-0.1, -0.05) is 16.8 Å². The van der Waals surface area contributed by atoms with Gasteiger partial charge in [-0.05, 0) is 24.3 Å². The number of amides is 1. The van der Waals surface area contributed by atoms with Gasteiger partial charge in [-0.25, -0.2) is 5.10 Å². The molecule has 0 radical (unpaired) electrons. The average molecular weight is 308 g/mol. The summed E-state index contributed by atoms with van der Waals surface area (Å²) >= 11 is 6.00. The Morgan fingerprint density at radius 1 is 1.38 bits per heavy atom. The van der Waals surface area contributed by atoms with Crippen LogP contribution in [-0.4, -0.2) is 27.1 Å². The number of benzene rings is 1. The van der Waals surface area contributed by atoms with Crippen molar-refractivity contribution in [2.75, 3.05) is 5.32 Å². The number of halogens is 1. The van der Waals surface area contributed by atoms with E-state index in [1.807, 2.05) is 0 Å². The quantitative estimate of drug-likeness (QED) is 0.287. The molecule has 0 aliphatic rings. The topological polar surface area (TPSA) is 133 Å². The van der Waals surface area contributed by atoms with Gasteiger partial charge in [0.05, 0.1) is 10.7 Å². The highest BCUT2D eigenvalue weighted by Crippen LogP contribution is 2.23. The van der Waals surface area contributed by atoms with Crippen molar-refractivity contribution in [2.24, 2.45) is 10.9 Å². The smallest absolute Gasteiger partial charge is 0.276 e. The van der Waals surface area contributed by atoms with Crippen molar-refractivity contribution in [3.05, 3.63) is 57.0 Å². The fraction of sp³-hybridized carbons (Fsp3) is 0. The zero-order valence-electron chi connectivity index (χ0n) is 10.5. The van der Waals surface area contributed by atoms with Crippen LogP contribution < -0.4 is 16.6 Å². The lowest BCUT2D eigenvalue weighted by Crippen LogP contribution is -2.18. The van der Waals surface area contributed by atoms with Gasteiger partial charge in [-0.2, -0.15) is 5.10 Å². The molecule has 1 aromatic heterocycles. The maximum atomic E-state index is 11.9. The highest BCUT2D eigenvalue weighted by Gasteiger charge is 2.11. The van der Waals surface area contributed by atoms with Crippen molar-refractivity contribution in [3.8, 4) is 0 Å². The predicted octanol–water partition coefficient (Wildman–Crippen LogP) is 0.770. The van der Waals surface area contributed by atoms with Crippen molar-refractivity contribution in [1.29, 1.82) is 0 Å². The van der Waals surface area contributed by atoms with Gasteiger partial charge in [-0.3, -0.25) is 9.59 Å². The third kappa shape index (κ3) is 3.37. The first kappa shape index (κ1) is 14.5. The molecule has 9 heteroatoms. The van der Waals surface area contributed by atoms with E-state index in [0.717, 1.165) is 0 Å². The van der Waals surface area contributed by atoms with Gasteiger partial charge in [0.15, 0.2) is 5.84 Å². The minimum absolute atomic E-state index is 0.0335. The molecule has 1 aromatic carbocycles. The predicted molar refractivity (Wildman–Crippen MR) is 76.8 cm³/mol. The third-order valence-electron chi connectivity index (χ3n) is 2.53. The van der Waals surface area contributed by atoms with E-state index in [2.05, 4.69) is 20.7 Å². The lowest BCUT2D eigenvalue weighted by Gasteiger charge is -2.08. The number of hydrogen-bond acceptors (Lipinski definition) is 5. The summed E-state index contributed by atoms with van der Waals surface area (Å²) in [5, 5.41) is 19.9. The van der Waals surface area contributed by atoms with Crippen molar-refractivity contribution >= 4 is 29.0 Å². The first-order valence-corrected chi connectivity index (χ1v) is 6.03. The molecule has 2 rings (SSSR count). The molecule has 0 fully saturated rings. The number of carbonyl (C=O) groups is 1. The number of rotatable bonds is 3.